The summed E-state index contributed by atoms with van der Waals surface area (Å²) in [5, 5.41) is 0. The first kappa shape index (κ1) is 8.61. The predicted molar refractivity (Wildman–Crippen MR) is 54.1 cm³/mol. The maximum Gasteiger partial charge on any atom is 0.122 e. The van der Waals surface area contributed by atoms with Crippen LogP contribution in [0.2, 0.25) is 0 Å². The Bertz CT molecular complexity index is 293. The minimum atomic E-state index is 0.653. The van der Waals surface area contributed by atoms with Crippen molar-refractivity contribution in [3.05, 3.63) is 29.8 Å². The molecule has 0 spiro atoms. The highest BCUT2D eigenvalue weighted by molar-refractivity contribution is 5.38. The van der Waals surface area contributed by atoms with Crippen LogP contribution in [0.4, 0.5) is 0 Å². The molecule has 0 unspecified atom stereocenters. The molecule has 13 heavy (non-hydrogen) atoms. The summed E-state index contributed by atoms with van der Waals surface area (Å²) in [4.78, 5) is 0. The van der Waals surface area contributed by atoms with Gasteiger partial charge in [0.15, 0.2) is 0 Å². The van der Waals surface area contributed by atoms with E-state index in [9.17, 15) is 0 Å². The van der Waals surface area contributed by atoms with Crippen molar-refractivity contribution in [2.24, 2.45) is 5.92 Å². The third-order valence-corrected chi connectivity index (χ3v) is 2.95. The number of benzene rings is 1. The van der Waals surface area contributed by atoms with Gasteiger partial charge in [-0.3, -0.25) is 0 Å². The number of para-hydroxylation sites is 1. The van der Waals surface area contributed by atoms with Crippen molar-refractivity contribution in [2.75, 3.05) is 6.61 Å². The van der Waals surface area contributed by atoms with E-state index in [-0.39, 0.29) is 0 Å². The van der Waals surface area contributed by atoms with Crippen molar-refractivity contribution < 1.29 is 4.74 Å². The van der Waals surface area contributed by atoms with Crippen molar-refractivity contribution in [3.8, 4) is 5.75 Å². The zero-order valence-corrected chi connectivity index (χ0v) is 8.29. The first-order valence-corrected chi connectivity index (χ1v) is 5.04. The summed E-state index contributed by atoms with van der Waals surface area (Å²) in [5.74, 6) is 2.43. The van der Waals surface area contributed by atoms with Crippen LogP contribution >= 0.6 is 0 Å². The summed E-state index contributed by atoms with van der Waals surface area (Å²) >= 11 is 0. The van der Waals surface area contributed by atoms with Gasteiger partial charge in [-0.05, 0) is 29.9 Å². The number of ether oxygens (including phenoxy) is 1. The summed E-state index contributed by atoms with van der Waals surface area (Å²) < 4.78 is 5.67. The molecule has 0 fully saturated rings. The van der Waals surface area contributed by atoms with Crippen molar-refractivity contribution >= 4 is 0 Å². The Morgan fingerprint density at radius 3 is 2.92 bits per heavy atom. The van der Waals surface area contributed by atoms with E-state index in [1.165, 1.54) is 12.0 Å². The number of rotatable bonds is 1. The number of hydrogen-bond acceptors (Lipinski definition) is 1. The van der Waals surface area contributed by atoms with Gasteiger partial charge < -0.3 is 4.74 Å². The van der Waals surface area contributed by atoms with E-state index in [0.29, 0.717) is 11.8 Å². The highest BCUT2D eigenvalue weighted by atomic mass is 16.5. The van der Waals surface area contributed by atoms with Crippen molar-refractivity contribution in [2.45, 2.75) is 26.2 Å². The van der Waals surface area contributed by atoms with E-state index in [2.05, 4.69) is 32.0 Å². The predicted octanol–water partition coefficient (Wildman–Crippen LogP) is 3.21. The molecule has 1 aromatic carbocycles. The minimum absolute atomic E-state index is 0.653. The van der Waals surface area contributed by atoms with Crippen LogP contribution in [0.1, 0.15) is 31.7 Å². The molecule has 0 aliphatic carbocycles. The Balaban J connectivity index is 2.39. The van der Waals surface area contributed by atoms with Gasteiger partial charge in [-0.15, -0.1) is 0 Å². The Morgan fingerprint density at radius 2 is 2.15 bits per heavy atom. The maximum absolute atomic E-state index is 5.67. The summed E-state index contributed by atoms with van der Waals surface area (Å²) in [6, 6.07) is 8.41. The smallest absolute Gasteiger partial charge is 0.122 e. The molecule has 0 saturated carbocycles. The van der Waals surface area contributed by atoms with Gasteiger partial charge in [0.25, 0.3) is 0 Å². The van der Waals surface area contributed by atoms with E-state index < -0.39 is 0 Å². The van der Waals surface area contributed by atoms with Crippen molar-refractivity contribution in [1.29, 1.82) is 0 Å². The summed E-state index contributed by atoms with van der Waals surface area (Å²) in [6.45, 7) is 5.39. The molecule has 0 amide bonds. The van der Waals surface area contributed by atoms with Gasteiger partial charge in [0.2, 0.25) is 0 Å². The second kappa shape index (κ2) is 3.41. The fraction of sp³-hybridized carbons (Fsp3) is 0.500. The molecule has 70 valence electrons. The lowest BCUT2D eigenvalue weighted by Crippen LogP contribution is -2.23. The largest absolute Gasteiger partial charge is 0.493 e. The zero-order chi connectivity index (χ0) is 9.26. The maximum atomic E-state index is 5.67. The van der Waals surface area contributed by atoms with Crippen LogP contribution in [-0.2, 0) is 0 Å². The molecule has 2 atom stereocenters. The molecule has 1 aliphatic rings. The van der Waals surface area contributed by atoms with E-state index in [0.717, 1.165) is 12.4 Å². The molecule has 0 aromatic heterocycles. The van der Waals surface area contributed by atoms with Gasteiger partial charge in [-0.2, -0.15) is 0 Å². The van der Waals surface area contributed by atoms with Crippen LogP contribution in [0, 0.1) is 5.92 Å². The molecule has 1 heterocycles. The summed E-state index contributed by atoms with van der Waals surface area (Å²) in [7, 11) is 0. The highest BCUT2D eigenvalue weighted by Gasteiger charge is 2.25. The van der Waals surface area contributed by atoms with Crippen LogP contribution in [-0.4, -0.2) is 6.61 Å². The van der Waals surface area contributed by atoms with Crippen LogP contribution in [0.5, 0.6) is 5.75 Å². The van der Waals surface area contributed by atoms with Crippen LogP contribution in [0.15, 0.2) is 24.3 Å². The molecular formula is C12H16O. The van der Waals surface area contributed by atoms with E-state index in [1.54, 1.807) is 0 Å². The first-order valence-electron chi connectivity index (χ1n) is 5.04. The second-order valence-corrected chi connectivity index (χ2v) is 3.84. The van der Waals surface area contributed by atoms with Crippen molar-refractivity contribution in [3.63, 3.8) is 0 Å². The minimum Gasteiger partial charge on any atom is -0.493 e. The number of hydrogen-bond donors (Lipinski definition) is 0. The molecule has 0 radical (unpaired) electrons. The average Bonchev–Trinajstić information content (AvgIpc) is 2.18. The van der Waals surface area contributed by atoms with Gasteiger partial charge in [0.1, 0.15) is 5.75 Å². The molecule has 2 rings (SSSR count). The first-order chi connectivity index (χ1) is 6.33. The summed E-state index contributed by atoms with van der Waals surface area (Å²) in [5.41, 5.74) is 1.39. The summed E-state index contributed by atoms with van der Waals surface area (Å²) in [6.07, 6.45) is 1.21. The Hall–Kier alpha value is -0.980. The fourth-order valence-electron chi connectivity index (χ4n) is 2.18. The quantitative estimate of drug-likeness (QED) is 0.638. The normalized spacial score (nSPS) is 26.3. The lowest BCUT2D eigenvalue weighted by atomic mass is 9.83. The third-order valence-electron chi connectivity index (χ3n) is 2.95. The number of fused-ring (bicyclic) bond motifs is 1. The van der Waals surface area contributed by atoms with Gasteiger partial charge in [0, 0.05) is 0 Å². The SMILES string of the molecule is CC[C@H]1c2ccccc2OC[C@H]1C. The van der Waals surface area contributed by atoms with Crippen molar-refractivity contribution in [1.82, 2.24) is 0 Å². The molecule has 1 aromatic rings. The molecule has 0 N–H and O–H groups in total. The van der Waals surface area contributed by atoms with E-state index in [1.807, 2.05) is 6.07 Å². The molecule has 0 bridgehead atoms. The molecule has 1 nitrogen and oxygen atoms in total. The van der Waals surface area contributed by atoms with Gasteiger partial charge in [-0.1, -0.05) is 32.0 Å². The lowest BCUT2D eigenvalue weighted by molar-refractivity contribution is 0.203. The lowest BCUT2D eigenvalue weighted by Gasteiger charge is -2.30. The molecular weight excluding hydrogens is 160 g/mol. The molecule has 1 aliphatic heterocycles. The topological polar surface area (TPSA) is 9.23 Å². The second-order valence-electron chi connectivity index (χ2n) is 3.84. The van der Waals surface area contributed by atoms with E-state index in [4.69, 9.17) is 4.74 Å². The van der Waals surface area contributed by atoms with Crippen LogP contribution in [0.3, 0.4) is 0 Å². The Morgan fingerprint density at radius 1 is 1.38 bits per heavy atom. The van der Waals surface area contributed by atoms with Gasteiger partial charge >= 0.3 is 0 Å². The average molecular weight is 176 g/mol. The zero-order valence-electron chi connectivity index (χ0n) is 8.29. The Kier molecular flexibility index (Phi) is 2.26. The Labute approximate surface area is 79.7 Å². The van der Waals surface area contributed by atoms with E-state index >= 15 is 0 Å². The highest BCUT2D eigenvalue weighted by Crippen LogP contribution is 2.38. The molecule has 1 heteroatoms. The van der Waals surface area contributed by atoms with Gasteiger partial charge in [0.05, 0.1) is 6.61 Å². The molecule has 0 saturated heterocycles. The van der Waals surface area contributed by atoms with Gasteiger partial charge in [-0.25, -0.2) is 0 Å². The fourth-order valence-corrected chi connectivity index (χ4v) is 2.18. The standard InChI is InChI=1S/C12H16O/c1-3-10-9(2)8-13-12-7-5-4-6-11(10)12/h4-7,9-10H,3,8H2,1-2H3/t9-,10-/m1/s1. The van der Waals surface area contributed by atoms with Crippen LogP contribution in [0.25, 0.3) is 0 Å². The monoisotopic (exact) mass is 176 g/mol. The third kappa shape index (κ3) is 1.43. The van der Waals surface area contributed by atoms with Crippen LogP contribution < -0.4 is 4.74 Å².